The Morgan fingerprint density at radius 2 is 2.25 bits per heavy atom. The lowest BCUT2D eigenvalue weighted by Gasteiger charge is -2.32. The molecule has 3 aliphatic rings. The van der Waals surface area contributed by atoms with Gasteiger partial charge in [-0.3, -0.25) is 9.69 Å². The average molecular weight is 349 g/mol. The molecule has 2 aliphatic heterocycles. The lowest BCUT2D eigenvalue weighted by atomic mass is 9.97. The molecular weight excluding hydrogens is 320 g/mol. The van der Waals surface area contributed by atoms with Crippen LogP contribution in [-0.4, -0.2) is 48.0 Å². The molecule has 3 heterocycles. The molecule has 0 radical (unpaired) electrons. The van der Waals surface area contributed by atoms with Gasteiger partial charge in [-0.05, 0) is 57.5 Å². The van der Waals surface area contributed by atoms with Gasteiger partial charge in [0.25, 0.3) is 0 Å². The molecule has 4 rings (SSSR count). The number of rotatable bonds is 6. The van der Waals surface area contributed by atoms with Crippen molar-refractivity contribution in [3.8, 4) is 0 Å². The molecule has 24 heavy (non-hydrogen) atoms. The molecule has 0 bridgehead atoms. The van der Waals surface area contributed by atoms with E-state index in [0.717, 1.165) is 44.9 Å². The van der Waals surface area contributed by atoms with E-state index in [1.807, 2.05) is 16.8 Å². The second-order valence-corrected chi connectivity index (χ2v) is 8.51. The highest BCUT2D eigenvalue weighted by molar-refractivity contribution is 7.09. The Morgan fingerprint density at radius 1 is 1.33 bits per heavy atom. The minimum atomic E-state index is 0.0444. The van der Waals surface area contributed by atoms with Gasteiger partial charge in [-0.1, -0.05) is 0 Å². The van der Waals surface area contributed by atoms with Gasteiger partial charge in [0.2, 0.25) is 5.91 Å². The monoisotopic (exact) mass is 348 g/mol. The number of likely N-dealkylation sites (tertiary alicyclic amines) is 1. The Morgan fingerprint density at radius 3 is 3.04 bits per heavy atom. The van der Waals surface area contributed by atoms with Crippen LogP contribution in [0.3, 0.4) is 0 Å². The lowest BCUT2D eigenvalue weighted by molar-refractivity contribution is -0.123. The number of amides is 1. The smallest absolute Gasteiger partial charge is 0.237 e. The predicted molar refractivity (Wildman–Crippen MR) is 96.1 cm³/mol. The molecule has 0 aromatic carbocycles. The summed E-state index contributed by atoms with van der Waals surface area (Å²) >= 11 is 1.82. The normalized spacial score (nSPS) is 28.2. The molecule has 132 valence electrons. The minimum absolute atomic E-state index is 0.0444. The highest BCUT2D eigenvalue weighted by Crippen LogP contribution is 2.42. The summed E-state index contributed by atoms with van der Waals surface area (Å²) in [6, 6.07) is 0.0444. The van der Waals surface area contributed by atoms with Crippen LogP contribution in [-0.2, 0) is 11.3 Å². The Bertz CT molecular complexity index is 565. The molecule has 2 saturated heterocycles. The van der Waals surface area contributed by atoms with Crippen molar-refractivity contribution in [2.24, 2.45) is 5.92 Å². The Kier molecular flexibility index (Phi) is 5.15. The van der Waals surface area contributed by atoms with E-state index < -0.39 is 0 Å². The third-order valence-corrected chi connectivity index (χ3v) is 6.38. The van der Waals surface area contributed by atoms with E-state index in [-0.39, 0.29) is 11.9 Å². The van der Waals surface area contributed by atoms with Crippen LogP contribution in [0, 0.1) is 5.92 Å². The van der Waals surface area contributed by atoms with Gasteiger partial charge in [-0.15, -0.1) is 11.3 Å². The number of aromatic nitrogens is 1. The fourth-order valence-corrected chi connectivity index (χ4v) is 4.92. The summed E-state index contributed by atoms with van der Waals surface area (Å²) in [5, 5.41) is 6.45. The summed E-state index contributed by atoms with van der Waals surface area (Å²) < 4.78 is 0. The van der Waals surface area contributed by atoms with E-state index in [2.05, 4.69) is 20.5 Å². The molecule has 1 amide bonds. The van der Waals surface area contributed by atoms with Gasteiger partial charge >= 0.3 is 0 Å². The first kappa shape index (κ1) is 16.5. The van der Waals surface area contributed by atoms with Crippen LogP contribution in [0.25, 0.3) is 0 Å². The van der Waals surface area contributed by atoms with E-state index in [1.54, 1.807) is 0 Å². The number of carbonyl (C=O) groups is 1. The molecule has 1 aromatic heterocycles. The third kappa shape index (κ3) is 3.98. The summed E-state index contributed by atoms with van der Waals surface area (Å²) in [5.41, 5.74) is 3.38. The molecular formula is C18H28N4OS. The Hall–Kier alpha value is -0.980. The zero-order valence-electron chi connectivity index (χ0n) is 14.3. The molecule has 2 N–H and O–H groups in total. The van der Waals surface area contributed by atoms with Crippen LogP contribution in [0.15, 0.2) is 5.51 Å². The standard InChI is InChI=1S/C18H28N4OS/c23-18(15-4-1-7-19-15)20-9-13-3-2-8-22(10-13)11-16-17(14-5-6-14)21-12-24-16/h12-15,19H,1-11H2,(H,20,23). The van der Waals surface area contributed by atoms with Crippen molar-refractivity contribution < 1.29 is 4.79 Å². The number of nitrogens with zero attached hydrogens (tertiary/aromatic N) is 2. The van der Waals surface area contributed by atoms with Gasteiger partial charge in [0.05, 0.1) is 17.2 Å². The molecule has 3 fully saturated rings. The lowest BCUT2D eigenvalue weighted by Crippen LogP contribution is -2.45. The summed E-state index contributed by atoms with van der Waals surface area (Å²) in [6.45, 7) is 5.13. The van der Waals surface area contributed by atoms with E-state index in [4.69, 9.17) is 0 Å². The molecule has 2 unspecified atom stereocenters. The summed E-state index contributed by atoms with van der Waals surface area (Å²) in [7, 11) is 0. The second-order valence-electron chi connectivity index (χ2n) is 7.57. The van der Waals surface area contributed by atoms with Gasteiger partial charge in [-0.2, -0.15) is 0 Å². The largest absolute Gasteiger partial charge is 0.354 e. The Labute approximate surface area is 148 Å². The third-order valence-electron chi connectivity index (χ3n) is 5.55. The van der Waals surface area contributed by atoms with Crippen molar-refractivity contribution in [2.45, 2.75) is 57.0 Å². The van der Waals surface area contributed by atoms with Crippen molar-refractivity contribution in [3.05, 3.63) is 16.1 Å². The van der Waals surface area contributed by atoms with E-state index in [9.17, 15) is 4.79 Å². The van der Waals surface area contributed by atoms with E-state index in [0.29, 0.717) is 5.92 Å². The van der Waals surface area contributed by atoms with E-state index in [1.165, 1.54) is 42.8 Å². The van der Waals surface area contributed by atoms with Crippen LogP contribution in [0.1, 0.15) is 55.0 Å². The number of nitrogens with one attached hydrogen (secondary N) is 2. The number of thiazole rings is 1. The first-order valence-corrected chi connectivity index (χ1v) is 10.3. The van der Waals surface area contributed by atoms with Crippen molar-refractivity contribution in [2.75, 3.05) is 26.2 Å². The fraction of sp³-hybridized carbons (Fsp3) is 0.778. The van der Waals surface area contributed by atoms with Crippen LogP contribution < -0.4 is 10.6 Å². The molecule has 5 nitrogen and oxygen atoms in total. The highest BCUT2D eigenvalue weighted by Gasteiger charge is 2.30. The number of hydrogen-bond acceptors (Lipinski definition) is 5. The topological polar surface area (TPSA) is 57.3 Å². The van der Waals surface area contributed by atoms with Gasteiger partial charge in [0, 0.05) is 30.4 Å². The quantitative estimate of drug-likeness (QED) is 0.827. The zero-order valence-corrected chi connectivity index (χ0v) is 15.1. The van der Waals surface area contributed by atoms with Crippen LogP contribution in [0.4, 0.5) is 0 Å². The van der Waals surface area contributed by atoms with E-state index >= 15 is 0 Å². The SMILES string of the molecule is O=C(NCC1CCCN(Cc2scnc2C2CC2)C1)C1CCCN1. The first-order valence-electron chi connectivity index (χ1n) is 9.45. The summed E-state index contributed by atoms with van der Waals surface area (Å²) in [6.07, 6.45) is 7.21. The molecule has 2 atom stereocenters. The highest BCUT2D eigenvalue weighted by atomic mass is 32.1. The predicted octanol–water partition coefficient (Wildman–Crippen LogP) is 2.10. The number of piperidine rings is 1. The number of hydrogen-bond donors (Lipinski definition) is 2. The minimum Gasteiger partial charge on any atom is -0.354 e. The molecule has 0 spiro atoms. The molecule has 1 aromatic rings. The average Bonchev–Trinajstić information content (AvgIpc) is 3.10. The van der Waals surface area contributed by atoms with Gasteiger partial charge in [0.1, 0.15) is 0 Å². The number of carbonyl (C=O) groups excluding carboxylic acids is 1. The van der Waals surface area contributed by atoms with Gasteiger partial charge in [-0.25, -0.2) is 4.98 Å². The Balaban J connectivity index is 1.26. The molecule has 6 heteroatoms. The maximum absolute atomic E-state index is 12.2. The first-order chi connectivity index (χ1) is 11.8. The van der Waals surface area contributed by atoms with Gasteiger partial charge in [0.15, 0.2) is 0 Å². The summed E-state index contributed by atoms with van der Waals surface area (Å²) in [5.74, 6) is 1.52. The summed E-state index contributed by atoms with van der Waals surface area (Å²) in [4.78, 5) is 20.8. The molecule has 1 saturated carbocycles. The van der Waals surface area contributed by atoms with Gasteiger partial charge < -0.3 is 10.6 Å². The fourth-order valence-electron chi connectivity index (χ4n) is 4.03. The second kappa shape index (κ2) is 7.50. The maximum atomic E-state index is 12.2. The van der Waals surface area contributed by atoms with Crippen molar-refractivity contribution in [1.82, 2.24) is 20.5 Å². The maximum Gasteiger partial charge on any atom is 0.237 e. The van der Waals surface area contributed by atoms with Crippen molar-refractivity contribution in [3.63, 3.8) is 0 Å². The molecule has 1 aliphatic carbocycles. The van der Waals surface area contributed by atoms with Crippen molar-refractivity contribution in [1.29, 1.82) is 0 Å². The van der Waals surface area contributed by atoms with Crippen LogP contribution in [0.5, 0.6) is 0 Å². The van der Waals surface area contributed by atoms with Crippen LogP contribution in [0.2, 0.25) is 0 Å². The zero-order chi connectivity index (χ0) is 16.4. The van der Waals surface area contributed by atoms with Crippen LogP contribution >= 0.6 is 11.3 Å². The van der Waals surface area contributed by atoms with Crippen molar-refractivity contribution >= 4 is 17.2 Å².